The van der Waals surface area contributed by atoms with Gasteiger partial charge in [0.05, 0.1) is 0 Å². The van der Waals surface area contributed by atoms with Crippen LogP contribution in [-0.4, -0.2) is 113 Å². The fourth-order valence-corrected chi connectivity index (χ4v) is 1.94. The third kappa shape index (κ3) is 61.5. The molecule has 0 radical (unpaired) electrons. The van der Waals surface area contributed by atoms with Crippen LogP contribution in [0.5, 0.6) is 0 Å². The maximum absolute atomic E-state index is 14.3. The molecule has 0 aliphatic rings. The highest BCUT2D eigenvalue weighted by molar-refractivity contribution is 5.85. The van der Waals surface area contributed by atoms with E-state index in [1.165, 1.54) is 0 Å². The highest BCUT2D eigenvalue weighted by Gasteiger charge is 2.65. The molecule has 34 heteroatoms. The van der Waals surface area contributed by atoms with Crippen LogP contribution in [0.4, 0.5) is 119 Å². The van der Waals surface area contributed by atoms with Gasteiger partial charge in [0, 0.05) is 6.42 Å². The lowest BCUT2D eigenvalue weighted by Gasteiger charge is -2.38. The zero-order valence-electron chi connectivity index (χ0n) is 27.9. The summed E-state index contributed by atoms with van der Waals surface area (Å²) < 4.78 is 319. The minimum atomic E-state index is -5.38. The topological polar surface area (TPSA) is 83.5 Å². The van der Waals surface area contributed by atoms with Crippen LogP contribution in [0.2, 0.25) is 0 Å². The number of alkyl halides is 24. The van der Waals surface area contributed by atoms with Crippen LogP contribution in [0, 0.1) is 0 Å². The first-order valence-electron chi connectivity index (χ1n) is 12.9. The smallest absolute Gasteiger partial charge is 0.415 e. The van der Waals surface area contributed by atoms with Gasteiger partial charge in [0.1, 0.15) is 13.2 Å². The van der Waals surface area contributed by atoms with Crippen LogP contribution in [0.25, 0.3) is 0 Å². The predicted octanol–water partition coefficient (Wildman–Crippen LogP) is 13.6. The van der Waals surface area contributed by atoms with E-state index in [9.17, 15) is 124 Å². The van der Waals surface area contributed by atoms with Crippen molar-refractivity contribution >= 4 is 5.97 Å². The molecule has 0 aromatic rings. The largest absolute Gasteiger partial charge is 0.428 e. The van der Waals surface area contributed by atoms with Crippen molar-refractivity contribution in [2.75, 3.05) is 54.0 Å². The Morgan fingerprint density at radius 2 is 0.803 bits per heavy atom. The first-order chi connectivity index (χ1) is 25.2. The average molecular weight is 995 g/mol. The first kappa shape index (κ1) is 85.4. The van der Waals surface area contributed by atoms with Gasteiger partial charge in [-0.3, -0.25) is 0 Å². The Balaban J connectivity index is -0.0000000651. The Morgan fingerprint density at radius 3 is 0.951 bits per heavy atom. The van der Waals surface area contributed by atoms with E-state index in [0.29, 0.717) is 6.92 Å². The van der Waals surface area contributed by atoms with Crippen molar-refractivity contribution in [3.8, 4) is 0 Å². The van der Waals surface area contributed by atoms with Gasteiger partial charge in [0.25, 0.3) is 0 Å². The molecule has 0 spiro atoms. The number of carbonyl (C=O) groups excluding carboxylic acids is 1. The summed E-state index contributed by atoms with van der Waals surface area (Å²) in [6, 6.07) is 0. The lowest BCUT2D eigenvalue weighted by Crippen LogP contribution is -2.56. The quantitative estimate of drug-likeness (QED) is 0.112. The second-order valence-corrected chi connectivity index (χ2v) is 8.54. The van der Waals surface area contributed by atoms with Gasteiger partial charge in [-0.15, -0.1) is 0 Å². The molecule has 0 saturated heterocycles. The molecule has 0 aromatic heterocycles. The van der Waals surface area contributed by atoms with E-state index in [1.807, 2.05) is 0 Å². The molecule has 0 aromatic carbocycles. The first-order valence-corrected chi connectivity index (χ1v) is 12.9. The van der Waals surface area contributed by atoms with E-state index in [0.717, 1.165) is 0 Å². The zero-order chi connectivity index (χ0) is 47.8. The summed E-state index contributed by atoms with van der Waals surface area (Å²) in [5.41, 5.74) is -8.83. The van der Waals surface area contributed by atoms with Crippen molar-refractivity contribution in [1.29, 1.82) is 0 Å². The molecule has 0 fully saturated rings. The molecular weight excluding hydrogens is 949 g/mol. The molecular formula is C27H45F27O7. The molecule has 0 amide bonds. The number of aliphatic hydroxyl groups is 1. The van der Waals surface area contributed by atoms with Crippen molar-refractivity contribution < 1.29 is 153 Å². The summed E-state index contributed by atoms with van der Waals surface area (Å²) in [5, 5.41) is 6.90. The lowest BCUT2D eigenvalue weighted by molar-refractivity contribution is -0.367. The average Bonchev–Trinajstić information content (AvgIpc) is 2.99. The van der Waals surface area contributed by atoms with Gasteiger partial charge in [-0.1, -0.05) is 43.2 Å². The monoisotopic (exact) mass is 994 g/mol. The number of rotatable bonds is 13. The molecule has 0 rings (SSSR count). The summed E-state index contributed by atoms with van der Waals surface area (Å²) in [5.74, 6) is -2.64. The summed E-state index contributed by atoms with van der Waals surface area (Å²) in [6.45, 7) is -12.2. The van der Waals surface area contributed by atoms with Gasteiger partial charge in [-0.05, 0) is 22.4 Å². The van der Waals surface area contributed by atoms with Gasteiger partial charge in [0.15, 0.2) is 20.1 Å². The fourth-order valence-electron chi connectivity index (χ4n) is 1.94. The number of esters is 1. The van der Waals surface area contributed by atoms with Crippen LogP contribution >= 0.6 is 0 Å². The van der Waals surface area contributed by atoms with E-state index < -0.39 is 127 Å². The molecule has 61 heavy (non-hydrogen) atoms. The van der Waals surface area contributed by atoms with Gasteiger partial charge >= 0.3 is 42.9 Å². The van der Waals surface area contributed by atoms with Crippen LogP contribution < -0.4 is 0 Å². The summed E-state index contributed by atoms with van der Waals surface area (Å²) in [7, 11) is 0. The number of aliphatic hydroxyl groups excluding tert-OH is 1. The summed E-state index contributed by atoms with van der Waals surface area (Å²) in [6.07, 6.45) is -34.5. The molecule has 0 saturated carbocycles. The maximum Gasteiger partial charge on any atom is 0.415 e. The Hall–Kier alpha value is -2.88. The van der Waals surface area contributed by atoms with Crippen LogP contribution in [0.3, 0.4) is 0 Å². The van der Waals surface area contributed by atoms with Crippen molar-refractivity contribution in [3.05, 3.63) is 12.4 Å². The maximum atomic E-state index is 14.3. The zero-order valence-corrected chi connectivity index (χ0v) is 27.9. The van der Waals surface area contributed by atoms with Crippen LogP contribution in [0.1, 0.15) is 56.4 Å². The van der Waals surface area contributed by atoms with Crippen molar-refractivity contribution in [3.63, 3.8) is 0 Å². The molecule has 2 unspecified atom stereocenters. The standard InChI is InChI=1S/C12H14F12O2.C4H4F2O2.2C2H2F4O.2CH2F2.CH3FO.4CH4/c1-3-8(14,12(23,24)26-6-10(18,19)20)4-7(2,13)11(21,22)25-5-9(15,16)17;1-3(6)4(7)8-2-5;2*3-2(4,5)1-7-6;3*2-1-3;;;;/h3-6H2,1-2H3;1-2H2;2*1H2;2*1H2;3H,1H2;4*1H4. The normalized spacial score (nSPS) is 12.9. The molecule has 0 aliphatic heterocycles. The Morgan fingerprint density at radius 1 is 0.557 bits per heavy atom. The Kier molecular flexibility index (Phi) is 57.6. The molecule has 0 heterocycles. The summed E-state index contributed by atoms with van der Waals surface area (Å²) >= 11 is 0. The van der Waals surface area contributed by atoms with E-state index in [-0.39, 0.29) is 36.6 Å². The third-order valence-corrected chi connectivity index (χ3v) is 3.98. The van der Waals surface area contributed by atoms with E-state index in [4.69, 9.17) is 5.11 Å². The predicted molar refractivity (Wildman–Crippen MR) is 160 cm³/mol. The third-order valence-electron chi connectivity index (χ3n) is 3.98. The molecule has 1 N–H and O–H groups in total. The van der Waals surface area contributed by atoms with Crippen molar-refractivity contribution in [2.24, 2.45) is 0 Å². The number of hydrogen-bond donors (Lipinski definition) is 1. The van der Waals surface area contributed by atoms with E-state index >= 15 is 0 Å². The van der Waals surface area contributed by atoms with Crippen molar-refractivity contribution in [1.82, 2.24) is 0 Å². The lowest BCUT2D eigenvalue weighted by atomic mass is 9.86. The van der Waals surface area contributed by atoms with E-state index in [2.05, 4.69) is 30.7 Å². The second kappa shape index (κ2) is 41.1. The molecule has 0 bridgehead atoms. The number of hydrogen-bond acceptors (Lipinski definition) is 7. The van der Waals surface area contributed by atoms with Gasteiger partial charge < -0.3 is 19.3 Å². The highest BCUT2D eigenvalue weighted by Crippen LogP contribution is 2.48. The van der Waals surface area contributed by atoms with Gasteiger partial charge in [0.2, 0.25) is 37.9 Å². The molecule has 2 atom stereocenters. The SMILES string of the molecule is C.C.C.C.C=C(F)C(=O)OCF.CCC(F)(CC(C)(F)C(F)(F)OCC(F)(F)F)C(F)(F)OCC(F)(F)F.FCF.FCF.FOCC(F)(F)F.FOCC(F)(F)F.OCF. The van der Waals surface area contributed by atoms with Crippen LogP contribution in [0.15, 0.2) is 12.4 Å². The highest BCUT2D eigenvalue weighted by atomic mass is 19.4. The fraction of sp³-hybridized carbons (Fsp3) is 0.889. The Labute approximate surface area is 330 Å². The minimum Gasteiger partial charge on any atom is -0.428 e. The van der Waals surface area contributed by atoms with Gasteiger partial charge in [-0.2, -0.15) is 84.5 Å². The Bertz CT molecular complexity index is 941. The summed E-state index contributed by atoms with van der Waals surface area (Å²) in [4.78, 5) is 14.4. The molecule has 0 aliphatic carbocycles. The second-order valence-electron chi connectivity index (χ2n) is 8.54. The van der Waals surface area contributed by atoms with Gasteiger partial charge in [-0.25, -0.2) is 39.9 Å². The van der Waals surface area contributed by atoms with E-state index in [1.54, 1.807) is 0 Å². The van der Waals surface area contributed by atoms with Crippen LogP contribution in [-0.2, 0) is 28.9 Å². The minimum absolute atomic E-state index is 0. The molecule has 7 nitrogen and oxygen atoms in total. The number of ether oxygens (including phenoxy) is 3. The number of carbonyl (C=O) groups is 1. The number of halogens is 27. The molecule has 384 valence electrons. The van der Waals surface area contributed by atoms with Crippen molar-refractivity contribution in [2.45, 2.75) is 105 Å².